The molecule has 2 aromatic carbocycles. The number of benzene rings is 2. The first-order valence-electron chi connectivity index (χ1n) is 7.89. The number of hydrogen-bond acceptors (Lipinski definition) is 3. The van der Waals surface area contributed by atoms with Gasteiger partial charge in [-0.3, -0.25) is 4.79 Å². The van der Waals surface area contributed by atoms with E-state index in [0.717, 1.165) is 31.5 Å². The van der Waals surface area contributed by atoms with Gasteiger partial charge >= 0.3 is 0 Å². The molecule has 122 valence electrons. The molecule has 1 aliphatic heterocycles. The van der Waals surface area contributed by atoms with E-state index in [1.165, 1.54) is 0 Å². The van der Waals surface area contributed by atoms with Crippen molar-refractivity contribution in [2.75, 3.05) is 13.1 Å². The molecule has 0 spiro atoms. The van der Waals surface area contributed by atoms with Gasteiger partial charge in [0.15, 0.2) is 0 Å². The Morgan fingerprint density at radius 1 is 1.17 bits per heavy atom. The van der Waals surface area contributed by atoms with Crippen molar-refractivity contribution in [2.24, 2.45) is 0 Å². The standard InChI is InChI=1S/C19H17ClN2O2/c20-16-12-14(13-21)8-9-17(16)24-18(15-6-2-1-3-7-15)19(23)22-10-4-5-11-22/h1-3,6-9,12,18H,4-5,10-11H2/t18-/m0/s1. The Bertz CT molecular complexity index is 765. The molecule has 0 aromatic heterocycles. The van der Waals surface area contributed by atoms with Gasteiger partial charge in [-0.15, -0.1) is 0 Å². The highest BCUT2D eigenvalue weighted by molar-refractivity contribution is 6.32. The summed E-state index contributed by atoms with van der Waals surface area (Å²) < 4.78 is 5.97. The van der Waals surface area contributed by atoms with Gasteiger partial charge in [-0.2, -0.15) is 5.26 Å². The Morgan fingerprint density at radius 2 is 1.88 bits per heavy atom. The lowest BCUT2D eigenvalue weighted by atomic mass is 10.1. The molecule has 0 saturated carbocycles. The largest absolute Gasteiger partial charge is 0.474 e. The first-order chi connectivity index (χ1) is 11.7. The number of amides is 1. The highest BCUT2D eigenvalue weighted by Gasteiger charge is 2.30. The number of nitrogens with zero attached hydrogens (tertiary/aromatic N) is 2. The molecule has 0 radical (unpaired) electrons. The second-order valence-electron chi connectivity index (χ2n) is 5.70. The number of nitriles is 1. The molecule has 1 saturated heterocycles. The van der Waals surface area contributed by atoms with Crippen LogP contribution in [-0.2, 0) is 4.79 Å². The summed E-state index contributed by atoms with van der Waals surface area (Å²) in [7, 11) is 0. The number of hydrogen-bond donors (Lipinski definition) is 0. The van der Waals surface area contributed by atoms with Crippen molar-refractivity contribution < 1.29 is 9.53 Å². The van der Waals surface area contributed by atoms with Crippen molar-refractivity contribution in [2.45, 2.75) is 18.9 Å². The minimum atomic E-state index is -0.741. The number of likely N-dealkylation sites (tertiary alicyclic amines) is 1. The Hall–Kier alpha value is -2.51. The molecule has 1 atom stereocenters. The van der Waals surface area contributed by atoms with Gasteiger partial charge in [0, 0.05) is 18.7 Å². The highest BCUT2D eigenvalue weighted by atomic mass is 35.5. The van der Waals surface area contributed by atoms with Crippen LogP contribution in [0.5, 0.6) is 5.75 Å². The summed E-state index contributed by atoms with van der Waals surface area (Å²) in [4.78, 5) is 14.7. The van der Waals surface area contributed by atoms with Gasteiger partial charge in [-0.1, -0.05) is 41.9 Å². The highest BCUT2D eigenvalue weighted by Crippen LogP contribution is 2.31. The van der Waals surface area contributed by atoms with Crippen LogP contribution in [0.3, 0.4) is 0 Å². The number of ether oxygens (including phenoxy) is 1. The fourth-order valence-corrected chi connectivity index (χ4v) is 3.01. The monoisotopic (exact) mass is 340 g/mol. The molecule has 2 aromatic rings. The van der Waals surface area contributed by atoms with Crippen LogP contribution in [0, 0.1) is 11.3 Å². The predicted molar refractivity (Wildman–Crippen MR) is 91.8 cm³/mol. The van der Waals surface area contributed by atoms with Crippen LogP contribution in [0.25, 0.3) is 0 Å². The average molecular weight is 341 g/mol. The third-order valence-corrected chi connectivity index (χ3v) is 4.35. The summed E-state index contributed by atoms with van der Waals surface area (Å²) >= 11 is 6.20. The summed E-state index contributed by atoms with van der Waals surface area (Å²) in [5, 5.41) is 9.26. The van der Waals surface area contributed by atoms with Crippen molar-refractivity contribution in [1.29, 1.82) is 5.26 Å². The molecule has 0 N–H and O–H groups in total. The van der Waals surface area contributed by atoms with E-state index in [1.807, 2.05) is 41.3 Å². The van der Waals surface area contributed by atoms with Gasteiger partial charge in [-0.25, -0.2) is 0 Å². The zero-order valence-electron chi connectivity index (χ0n) is 13.1. The summed E-state index contributed by atoms with van der Waals surface area (Å²) in [5.41, 5.74) is 1.24. The number of rotatable bonds is 4. The van der Waals surface area contributed by atoms with E-state index >= 15 is 0 Å². The van der Waals surface area contributed by atoms with Gasteiger partial charge in [0.1, 0.15) is 5.75 Å². The minimum Gasteiger partial charge on any atom is -0.474 e. The average Bonchev–Trinajstić information content (AvgIpc) is 3.15. The quantitative estimate of drug-likeness (QED) is 0.846. The van der Waals surface area contributed by atoms with Crippen molar-refractivity contribution in [3.63, 3.8) is 0 Å². The second-order valence-corrected chi connectivity index (χ2v) is 6.11. The van der Waals surface area contributed by atoms with E-state index in [9.17, 15) is 4.79 Å². The van der Waals surface area contributed by atoms with Gasteiger partial charge in [0.2, 0.25) is 6.10 Å². The van der Waals surface area contributed by atoms with Gasteiger partial charge in [-0.05, 0) is 31.0 Å². The third-order valence-electron chi connectivity index (χ3n) is 4.05. The van der Waals surface area contributed by atoms with Crippen LogP contribution in [0.15, 0.2) is 48.5 Å². The molecular formula is C19H17ClN2O2. The maximum Gasteiger partial charge on any atom is 0.268 e. The second kappa shape index (κ2) is 7.37. The zero-order valence-corrected chi connectivity index (χ0v) is 13.9. The third kappa shape index (κ3) is 3.52. The molecule has 0 bridgehead atoms. The van der Waals surface area contributed by atoms with E-state index in [4.69, 9.17) is 21.6 Å². The Kier molecular flexibility index (Phi) is 5.02. The van der Waals surface area contributed by atoms with Crippen LogP contribution in [0.4, 0.5) is 0 Å². The lowest BCUT2D eigenvalue weighted by Gasteiger charge is -2.24. The smallest absolute Gasteiger partial charge is 0.268 e. The van der Waals surface area contributed by atoms with Gasteiger partial charge in [0.05, 0.1) is 16.7 Å². The predicted octanol–water partition coefficient (Wildman–Crippen LogP) is 3.95. The number of carbonyl (C=O) groups excluding carboxylic acids is 1. The normalized spacial score (nSPS) is 14.9. The first-order valence-corrected chi connectivity index (χ1v) is 8.27. The molecule has 1 heterocycles. The summed E-state index contributed by atoms with van der Waals surface area (Å²) in [5.74, 6) is 0.344. The molecule has 1 fully saturated rings. The van der Waals surface area contributed by atoms with Crippen LogP contribution in [0.1, 0.15) is 30.1 Å². The molecule has 1 amide bonds. The molecule has 24 heavy (non-hydrogen) atoms. The Labute approximate surface area is 146 Å². The van der Waals surface area contributed by atoms with Crippen molar-refractivity contribution >= 4 is 17.5 Å². The Morgan fingerprint density at radius 3 is 2.50 bits per heavy atom. The summed E-state index contributed by atoms with van der Waals surface area (Å²) in [6.45, 7) is 1.51. The van der Waals surface area contributed by atoms with Crippen LogP contribution in [0.2, 0.25) is 5.02 Å². The molecule has 0 aliphatic carbocycles. The van der Waals surface area contributed by atoms with E-state index in [2.05, 4.69) is 0 Å². The fourth-order valence-electron chi connectivity index (χ4n) is 2.79. The van der Waals surface area contributed by atoms with Crippen molar-refractivity contribution in [3.05, 3.63) is 64.7 Å². The van der Waals surface area contributed by atoms with E-state index < -0.39 is 6.10 Å². The van der Waals surface area contributed by atoms with E-state index in [0.29, 0.717) is 16.3 Å². The van der Waals surface area contributed by atoms with Crippen LogP contribution in [-0.4, -0.2) is 23.9 Å². The first kappa shape index (κ1) is 16.4. The number of carbonyl (C=O) groups is 1. The molecule has 1 aliphatic rings. The summed E-state index contributed by atoms with van der Waals surface area (Å²) in [6, 6.07) is 16.2. The molecule has 0 unspecified atom stereocenters. The van der Waals surface area contributed by atoms with Crippen LogP contribution >= 0.6 is 11.6 Å². The summed E-state index contributed by atoms with van der Waals surface area (Å²) in [6.07, 6.45) is 1.30. The Balaban J connectivity index is 1.90. The fraction of sp³-hybridized carbons (Fsp3) is 0.263. The SMILES string of the molecule is N#Cc1ccc(O[C@H](C(=O)N2CCCC2)c2ccccc2)c(Cl)c1. The molecule has 5 heteroatoms. The molecular weight excluding hydrogens is 324 g/mol. The minimum absolute atomic E-state index is 0.0564. The van der Waals surface area contributed by atoms with Crippen LogP contribution < -0.4 is 4.74 Å². The number of halogens is 1. The zero-order chi connectivity index (χ0) is 16.9. The maximum atomic E-state index is 12.9. The molecule has 3 rings (SSSR count). The van der Waals surface area contributed by atoms with E-state index in [-0.39, 0.29) is 5.91 Å². The molecule has 4 nitrogen and oxygen atoms in total. The lowest BCUT2D eigenvalue weighted by Crippen LogP contribution is -2.35. The van der Waals surface area contributed by atoms with Gasteiger partial charge < -0.3 is 9.64 Å². The van der Waals surface area contributed by atoms with Gasteiger partial charge in [0.25, 0.3) is 5.91 Å². The van der Waals surface area contributed by atoms with Crippen molar-refractivity contribution in [1.82, 2.24) is 4.90 Å². The topological polar surface area (TPSA) is 53.3 Å². The van der Waals surface area contributed by atoms with E-state index in [1.54, 1.807) is 18.2 Å². The lowest BCUT2D eigenvalue weighted by molar-refractivity contribution is -0.137. The van der Waals surface area contributed by atoms with Crippen molar-refractivity contribution in [3.8, 4) is 11.8 Å². The maximum absolute atomic E-state index is 12.9.